The summed E-state index contributed by atoms with van der Waals surface area (Å²) in [6.07, 6.45) is 1.84. The van der Waals surface area contributed by atoms with Crippen LogP contribution in [0.5, 0.6) is 5.75 Å². The lowest BCUT2D eigenvalue weighted by Gasteiger charge is -2.24. The number of carbonyl (C=O) groups excluding carboxylic acids is 1. The summed E-state index contributed by atoms with van der Waals surface area (Å²) in [6, 6.07) is 24.8. The van der Waals surface area contributed by atoms with Crippen molar-refractivity contribution in [2.45, 2.75) is 33.4 Å². The molecule has 1 aliphatic heterocycles. The largest absolute Gasteiger partial charge is 0.489 e. The average molecular weight is 525 g/mol. The number of carbonyl (C=O) groups is 1. The summed E-state index contributed by atoms with van der Waals surface area (Å²) < 4.78 is 13.5. The quantitative estimate of drug-likeness (QED) is 0.329. The van der Waals surface area contributed by atoms with Crippen LogP contribution in [0, 0.1) is 6.92 Å². The van der Waals surface area contributed by atoms with Crippen molar-refractivity contribution in [3.05, 3.63) is 132 Å². The molecule has 0 amide bonds. The van der Waals surface area contributed by atoms with Crippen LogP contribution in [0.3, 0.4) is 0 Å². The second-order valence-electron chi connectivity index (χ2n) is 9.06. The highest BCUT2D eigenvalue weighted by Gasteiger charge is 2.33. The number of thiazole rings is 1. The number of ether oxygens (including phenoxy) is 2. The fraction of sp³-hybridized carbons (Fsp3) is 0.194. The number of hydrogen-bond acceptors (Lipinski definition) is 6. The monoisotopic (exact) mass is 524 g/mol. The number of benzene rings is 3. The Labute approximate surface area is 224 Å². The van der Waals surface area contributed by atoms with Crippen molar-refractivity contribution in [1.29, 1.82) is 0 Å². The molecule has 0 N–H and O–H groups in total. The Morgan fingerprint density at radius 2 is 1.79 bits per heavy atom. The van der Waals surface area contributed by atoms with Gasteiger partial charge in [-0.15, -0.1) is 0 Å². The molecule has 6 nitrogen and oxygen atoms in total. The number of rotatable bonds is 7. The van der Waals surface area contributed by atoms with E-state index < -0.39 is 12.0 Å². The number of nitrogens with zero attached hydrogens (tertiary/aromatic N) is 2. The smallest absolute Gasteiger partial charge is 0.338 e. The van der Waals surface area contributed by atoms with E-state index in [2.05, 4.69) is 4.99 Å². The number of allylic oxidation sites excluding steroid dienone is 1. The van der Waals surface area contributed by atoms with Gasteiger partial charge in [0, 0.05) is 0 Å². The Hall–Kier alpha value is -4.23. The fourth-order valence-corrected chi connectivity index (χ4v) is 5.49. The third kappa shape index (κ3) is 5.24. The summed E-state index contributed by atoms with van der Waals surface area (Å²) >= 11 is 1.31. The highest BCUT2D eigenvalue weighted by atomic mass is 32.1. The second-order valence-corrected chi connectivity index (χ2v) is 10.1. The van der Waals surface area contributed by atoms with Crippen LogP contribution in [0.2, 0.25) is 0 Å². The molecule has 7 heteroatoms. The molecular weight excluding hydrogens is 496 g/mol. The first kappa shape index (κ1) is 25.4. The van der Waals surface area contributed by atoms with Gasteiger partial charge in [-0.25, -0.2) is 9.79 Å². The molecule has 1 unspecified atom stereocenters. The molecule has 4 aromatic rings. The predicted octanol–water partition coefficient (Wildman–Crippen LogP) is 4.69. The molecule has 1 aliphatic rings. The van der Waals surface area contributed by atoms with Gasteiger partial charge in [0.05, 0.1) is 28.5 Å². The lowest BCUT2D eigenvalue weighted by atomic mass is 9.95. The van der Waals surface area contributed by atoms with Crippen molar-refractivity contribution >= 4 is 23.4 Å². The third-order valence-electron chi connectivity index (χ3n) is 6.31. The highest BCUT2D eigenvalue weighted by Crippen LogP contribution is 2.30. The lowest BCUT2D eigenvalue weighted by molar-refractivity contribution is -0.139. The number of esters is 1. The molecule has 2 heterocycles. The number of fused-ring (bicyclic) bond motifs is 1. The zero-order valence-corrected chi connectivity index (χ0v) is 22.3. The average Bonchev–Trinajstić information content (AvgIpc) is 3.22. The van der Waals surface area contributed by atoms with Crippen LogP contribution < -0.4 is 19.6 Å². The summed E-state index contributed by atoms with van der Waals surface area (Å²) in [6.45, 7) is 6.25. The first-order valence-corrected chi connectivity index (χ1v) is 13.3. The summed E-state index contributed by atoms with van der Waals surface area (Å²) in [5, 5.41) is 0. The molecule has 0 saturated heterocycles. The van der Waals surface area contributed by atoms with Crippen LogP contribution in [-0.4, -0.2) is 17.1 Å². The molecule has 0 spiro atoms. The van der Waals surface area contributed by atoms with Gasteiger partial charge < -0.3 is 9.47 Å². The lowest BCUT2D eigenvalue weighted by Crippen LogP contribution is -2.39. The molecule has 0 radical (unpaired) electrons. The van der Waals surface area contributed by atoms with Crippen molar-refractivity contribution in [2.24, 2.45) is 4.99 Å². The van der Waals surface area contributed by atoms with E-state index in [1.807, 2.05) is 91.9 Å². The fourth-order valence-electron chi connectivity index (χ4n) is 4.44. The van der Waals surface area contributed by atoms with E-state index in [-0.39, 0.29) is 12.2 Å². The van der Waals surface area contributed by atoms with Crippen molar-refractivity contribution in [1.82, 2.24) is 4.57 Å². The molecule has 0 saturated carbocycles. The van der Waals surface area contributed by atoms with Gasteiger partial charge in [-0.3, -0.25) is 9.36 Å². The number of hydrogen-bond donors (Lipinski definition) is 0. The zero-order chi connectivity index (χ0) is 26.6. The molecule has 0 bridgehead atoms. The van der Waals surface area contributed by atoms with Crippen molar-refractivity contribution in [3.8, 4) is 5.75 Å². The van der Waals surface area contributed by atoms with Crippen LogP contribution in [0.4, 0.5) is 0 Å². The van der Waals surface area contributed by atoms with Crippen molar-refractivity contribution in [2.75, 3.05) is 6.61 Å². The van der Waals surface area contributed by atoms with Gasteiger partial charge in [-0.1, -0.05) is 83.6 Å². The van der Waals surface area contributed by atoms with Crippen LogP contribution >= 0.6 is 11.3 Å². The molecular formula is C31H28N2O4S. The van der Waals surface area contributed by atoms with Crippen LogP contribution in [-0.2, 0) is 16.1 Å². The minimum absolute atomic E-state index is 0.204. The molecule has 0 fully saturated rings. The zero-order valence-electron chi connectivity index (χ0n) is 21.5. The second kappa shape index (κ2) is 11.0. The first-order chi connectivity index (χ1) is 18.4. The van der Waals surface area contributed by atoms with E-state index in [1.165, 1.54) is 11.3 Å². The number of aryl methyl sites for hydroxylation is 1. The Balaban J connectivity index is 1.55. The first-order valence-electron chi connectivity index (χ1n) is 12.5. The summed E-state index contributed by atoms with van der Waals surface area (Å²) in [5.41, 5.74) is 4.57. The van der Waals surface area contributed by atoms with E-state index in [9.17, 15) is 9.59 Å². The van der Waals surface area contributed by atoms with Crippen molar-refractivity contribution < 1.29 is 14.3 Å². The maximum absolute atomic E-state index is 13.8. The van der Waals surface area contributed by atoms with E-state index in [4.69, 9.17) is 9.47 Å². The highest BCUT2D eigenvalue weighted by molar-refractivity contribution is 7.07. The third-order valence-corrected chi connectivity index (χ3v) is 7.30. The molecule has 3 aromatic carbocycles. The molecule has 0 aliphatic carbocycles. The molecule has 192 valence electrons. The Bertz CT molecular complexity index is 1680. The van der Waals surface area contributed by atoms with Gasteiger partial charge in [-0.05, 0) is 55.7 Å². The maximum atomic E-state index is 13.8. The van der Waals surface area contributed by atoms with E-state index in [0.717, 1.165) is 22.3 Å². The maximum Gasteiger partial charge on any atom is 0.338 e. The Morgan fingerprint density at radius 3 is 2.53 bits per heavy atom. The van der Waals surface area contributed by atoms with Gasteiger partial charge in [-0.2, -0.15) is 0 Å². The van der Waals surface area contributed by atoms with Crippen LogP contribution in [0.1, 0.15) is 42.1 Å². The molecule has 1 aromatic heterocycles. The SMILES string of the molecule is CCOC(=O)C1=C(C)N=c2sc(=Cc3cccc(OCc4ccccc4)c3)c(=O)n2C1c1ccc(C)cc1. The van der Waals surface area contributed by atoms with E-state index >= 15 is 0 Å². The minimum atomic E-state index is -0.617. The van der Waals surface area contributed by atoms with E-state index in [0.29, 0.717) is 33.0 Å². The van der Waals surface area contributed by atoms with Crippen LogP contribution in [0.25, 0.3) is 6.08 Å². The van der Waals surface area contributed by atoms with Gasteiger partial charge >= 0.3 is 5.97 Å². The topological polar surface area (TPSA) is 69.9 Å². The predicted molar refractivity (Wildman–Crippen MR) is 149 cm³/mol. The molecule has 1 atom stereocenters. The molecule has 38 heavy (non-hydrogen) atoms. The summed E-state index contributed by atoms with van der Waals surface area (Å²) in [7, 11) is 0. The van der Waals surface area contributed by atoms with Crippen molar-refractivity contribution in [3.63, 3.8) is 0 Å². The summed E-state index contributed by atoms with van der Waals surface area (Å²) in [4.78, 5) is 32.0. The van der Waals surface area contributed by atoms with Gasteiger partial charge in [0.2, 0.25) is 0 Å². The number of aromatic nitrogens is 1. The van der Waals surface area contributed by atoms with Crippen LogP contribution in [0.15, 0.2) is 99.9 Å². The summed E-state index contributed by atoms with van der Waals surface area (Å²) in [5.74, 6) is 0.255. The standard InChI is InChI=1S/C31H28N2O4S/c1-4-36-30(35)27-21(3)32-31-33(28(27)24-15-13-20(2)14-16-24)29(34)26(38-31)18-23-11-8-12-25(17-23)37-19-22-9-6-5-7-10-22/h5-18,28H,4,19H2,1-3H3. The van der Waals surface area contributed by atoms with Gasteiger partial charge in [0.1, 0.15) is 12.4 Å². The van der Waals surface area contributed by atoms with E-state index in [1.54, 1.807) is 18.4 Å². The van der Waals surface area contributed by atoms with Gasteiger partial charge in [0.25, 0.3) is 5.56 Å². The van der Waals surface area contributed by atoms with Gasteiger partial charge in [0.15, 0.2) is 4.80 Å². The molecule has 5 rings (SSSR count). The normalized spacial score (nSPS) is 15.1. The Kier molecular flexibility index (Phi) is 7.38. The Morgan fingerprint density at radius 1 is 1.03 bits per heavy atom. The minimum Gasteiger partial charge on any atom is -0.489 e.